The summed E-state index contributed by atoms with van der Waals surface area (Å²) in [6.45, 7) is 4.53. The lowest BCUT2D eigenvalue weighted by atomic mass is 9.94. The van der Waals surface area contributed by atoms with Crippen LogP contribution in [0.25, 0.3) is 16.0 Å². The van der Waals surface area contributed by atoms with Crippen molar-refractivity contribution in [3.05, 3.63) is 82.7 Å². The van der Waals surface area contributed by atoms with Crippen LogP contribution in [0.5, 0.6) is 17.2 Å². The van der Waals surface area contributed by atoms with Crippen LogP contribution >= 0.6 is 11.3 Å². The third-order valence-electron chi connectivity index (χ3n) is 7.42. The van der Waals surface area contributed by atoms with Gasteiger partial charge in [-0.15, -0.1) is 0 Å². The Hall–Kier alpha value is -4.44. The molecule has 1 amide bonds. The number of anilines is 1. The molecule has 1 fully saturated rings. The molecule has 4 aromatic rings. The van der Waals surface area contributed by atoms with Crippen molar-refractivity contribution in [1.29, 1.82) is 0 Å². The van der Waals surface area contributed by atoms with Gasteiger partial charge in [-0.3, -0.25) is 14.5 Å². The number of aliphatic hydroxyl groups excluding tert-OH is 1. The number of amides is 1. The number of thiazole rings is 1. The molecule has 2 unspecified atom stereocenters. The number of methoxy groups -OCH3 is 1. The zero-order chi connectivity index (χ0) is 29.5. The number of rotatable bonds is 8. The number of ketones is 1. The number of hydrogen-bond acceptors (Lipinski definition) is 8. The summed E-state index contributed by atoms with van der Waals surface area (Å²) in [6.07, 6.45) is 2.49. The molecule has 2 atom stereocenters. The summed E-state index contributed by atoms with van der Waals surface area (Å²) in [5, 5.41) is 11.8. The molecule has 0 saturated carbocycles. The van der Waals surface area contributed by atoms with Gasteiger partial charge in [0.25, 0.3) is 5.78 Å². The molecule has 2 aliphatic heterocycles. The van der Waals surface area contributed by atoms with Gasteiger partial charge in [-0.05, 0) is 73.0 Å². The molecule has 3 aromatic carbocycles. The van der Waals surface area contributed by atoms with Gasteiger partial charge in [0.15, 0.2) is 16.6 Å². The van der Waals surface area contributed by atoms with E-state index < -0.39 is 23.5 Å². The normalized spacial score (nSPS) is 19.3. The van der Waals surface area contributed by atoms with Crippen LogP contribution in [0.1, 0.15) is 49.4 Å². The summed E-state index contributed by atoms with van der Waals surface area (Å²) in [4.78, 5) is 33.1. The number of benzene rings is 3. The number of ether oxygens (including phenoxy) is 3. The average Bonchev–Trinajstić information content (AvgIpc) is 3.64. The summed E-state index contributed by atoms with van der Waals surface area (Å²) >= 11 is 1.09. The maximum Gasteiger partial charge on any atom is 0.301 e. The smallest absolute Gasteiger partial charge is 0.301 e. The molecule has 0 spiro atoms. The molecular formula is C32H29FN2O6S. The Labute approximate surface area is 246 Å². The van der Waals surface area contributed by atoms with Crippen LogP contribution in [-0.2, 0) is 16.0 Å². The number of nitrogens with zero attached hydrogens (tertiary/aromatic N) is 2. The first-order valence-electron chi connectivity index (χ1n) is 13.8. The molecule has 2 aliphatic rings. The van der Waals surface area contributed by atoms with Gasteiger partial charge >= 0.3 is 5.91 Å². The highest BCUT2D eigenvalue weighted by Gasteiger charge is 2.48. The van der Waals surface area contributed by atoms with E-state index in [9.17, 15) is 19.1 Å². The monoisotopic (exact) mass is 588 g/mol. The minimum absolute atomic E-state index is 0.00243. The van der Waals surface area contributed by atoms with Crippen molar-refractivity contribution in [2.45, 2.75) is 45.3 Å². The molecular weight excluding hydrogens is 559 g/mol. The highest BCUT2D eigenvalue weighted by molar-refractivity contribution is 7.22. The summed E-state index contributed by atoms with van der Waals surface area (Å²) in [5.74, 6) is -0.774. The number of carbonyl (C=O) groups is 2. The maximum atomic E-state index is 14.0. The predicted molar refractivity (Wildman–Crippen MR) is 158 cm³/mol. The minimum Gasteiger partial charge on any atom is -0.507 e. The molecule has 1 N–H and O–H groups in total. The molecule has 8 nitrogen and oxygen atoms in total. The molecule has 6 rings (SSSR count). The minimum atomic E-state index is -1.03. The summed E-state index contributed by atoms with van der Waals surface area (Å²) in [7, 11) is 1.51. The van der Waals surface area contributed by atoms with Crippen LogP contribution in [0.2, 0.25) is 0 Å². The van der Waals surface area contributed by atoms with Gasteiger partial charge in [-0.1, -0.05) is 30.7 Å². The van der Waals surface area contributed by atoms with Gasteiger partial charge in [0, 0.05) is 12.0 Å². The van der Waals surface area contributed by atoms with Crippen LogP contribution in [0, 0.1) is 5.82 Å². The standard InChI is InChI=1S/C32H29FN2O6S/c1-4-5-12-40-24-11-6-18(15-25(24)39-3)28-27(29(36)19-7-10-23-20(14-19)13-17(2)41-23)30(37)31(38)35(28)32-34-22-9-8-21(33)16-26(22)42-32/h6-11,14-17,28,36H,4-5,12-13H2,1-3H3. The van der Waals surface area contributed by atoms with E-state index in [-0.39, 0.29) is 22.6 Å². The van der Waals surface area contributed by atoms with Crippen molar-refractivity contribution < 1.29 is 33.3 Å². The lowest BCUT2D eigenvalue weighted by molar-refractivity contribution is -0.132. The average molecular weight is 589 g/mol. The van der Waals surface area contributed by atoms with Gasteiger partial charge in [0.2, 0.25) is 0 Å². The van der Waals surface area contributed by atoms with Crippen molar-refractivity contribution in [3.63, 3.8) is 0 Å². The molecule has 216 valence electrons. The number of halogens is 1. The van der Waals surface area contributed by atoms with Crippen molar-refractivity contribution in [2.75, 3.05) is 18.6 Å². The molecule has 10 heteroatoms. The topological polar surface area (TPSA) is 98.2 Å². The summed E-state index contributed by atoms with van der Waals surface area (Å²) < 4.78 is 31.8. The van der Waals surface area contributed by atoms with E-state index >= 15 is 0 Å². The van der Waals surface area contributed by atoms with E-state index in [1.165, 1.54) is 30.2 Å². The third kappa shape index (κ3) is 4.85. The second kappa shape index (κ2) is 11.1. The Kier molecular flexibility index (Phi) is 7.32. The second-order valence-corrected chi connectivity index (χ2v) is 11.4. The quantitative estimate of drug-likeness (QED) is 0.108. The zero-order valence-electron chi connectivity index (χ0n) is 23.3. The van der Waals surface area contributed by atoms with Gasteiger partial charge in [0.05, 0.1) is 35.5 Å². The van der Waals surface area contributed by atoms with Crippen LogP contribution in [-0.4, -0.2) is 41.6 Å². The van der Waals surface area contributed by atoms with E-state index in [1.807, 2.05) is 6.92 Å². The molecule has 3 heterocycles. The first-order valence-corrected chi connectivity index (χ1v) is 14.6. The first kappa shape index (κ1) is 27.7. The number of unbranched alkanes of at least 4 members (excludes halogenated alkanes) is 1. The summed E-state index contributed by atoms with van der Waals surface area (Å²) in [5.41, 5.74) is 2.22. The largest absolute Gasteiger partial charge is 0.507 e. The second-order valence-electron chi connectivity index (χ2n) is 10.3. The number of aromatic nitrogens is 1. The van der Waals surface area contributed by atoms with Gasteiger partial charge < -0.3 is 19.3 Å². The zero-order valence-corrected chi connectivity index (χ0v) is 24.2. The highest BCUT2D eigenvalue weighted by Crippen LogP contribution is 2.46. The fourth-order valence-corrected chi connectivity index (χ4v) is 6.38. The van der Waals surface area contributed by atoms with Crippen LogP contribution in [0.3, 0.4) is 0 Å². The number of fused-ring (bicyclic) bond motifs is 2. The van der Waals surface area contributed by atoms with Crippen molar-refractivity contribution >= 4 is 44.1 Å². The summed E-state index contributed by atoms with van der Waals surface area (Å²) in [6, 6.07) is 13.5. The third-order valence-corrected chi connectivity index (χ3v) is 8.44. The Bertz CT molecular complexity index is 1750. The molecule has 0 aliphatic carbocycles. The fraction of sp³-hybridized carbons (Fsp3) is 0.281. The Morgan fingerprint density at radius 2 is 1.98 bits per heavy atom. The number of Topliss-reactive ketones (excluding diaryl/α,β-unsaturated/α-hetero) is 1. The molecule has 42 heavy (non-hydrogen) atoms. The lowest BCUT2D eigenvalue weighted by Crippen LogP contribution is -2.29. The van der Waals surface area contributed by atoms with E-state index in [0.717, 1.165) is 35.5 Å². The number of carbonyl (C=O) groups excluding carboxylic acids is 2. The number of hydrogen-bond donors (Lipinski definition) is 1. The van der Waals surface area contributed by atoms with Crippen LogP contribution < -0.4 is 19.1 Å². The maximum absolute atomic E-state index is 14.0. The van der Waals surface area contributed by atoms with E-state index in [0.29, 0.717) is 45.9 Å². The highest BCUT2D eigenvalue weighted by atomic mass is 32.1. The molecule has 0 bridgehead atoms. The van der Waals surface area contributed by atoms with E-state index in [2.05, 4.69) is 11.9 Å². The fourth-order valence-electron chi connectivity index (χ4n) is 5.36. The SMILES string of the molecule is CCCCOc1ccc(C2C(=C(O)c3ccc4c(c3)CC(C)O4)C(=O)C(=O)N2c2nc3ccc(F)cc3s2)cc1OC. The lowest BCUT2D eigenvalue weighted by Gasteiger charge is -2.24. The van der Waals surface area contributed by atoms with E-state index in [4.69, 9.17) is 14.2 Å². The number of aliphatic hydroxyl groups is 1. The van der Waals surface area contributed by atoms with Crippen molar-refractivity contribution in [2.24, 2.45) is 0 Å². The molecule has 1 aromatic heterocycles. The molecule has 0 radical (unpaired) electrons. The van der Waals surface area contributed by atoms with Crippen LogP contribution in [0.4, 0.5) is 9.52 Å². The molecule has 1 saturated heterocycles. The Morgan fingerprint density at radius 3 is 2.76 bits per heavy atom. The van der Waals surface area contributed by atoms with Gasteiger partial charge in [-0.25, -0.2) is 9.37 Å². The van der Waals surface area contributed by atoms with Gasteiger partial charge in [0.1, 0.15) is 23.4 Å². The van der Waals surface area contributed by atoms with E-state index in [1.54, 1.807) is 36.4 Å². The Balaban J connectivity index is 1.51. The van der Waals surface area contributed by atoms with Crippen LogP contribution in [0.15, 0.2) is 60.2 Å². The van der Waals surface area contributed by atoms with Crippen molar-refractivity contribution in [3.8, 4) is 17.2 Å². The van der Waals surface area contributed by atoms with Gasteiger partial charge in [-0.2, -0.15) is 0 Å². The van der Waals surface area contributed by atoms with Crippen molar-refractivity contribution in [1.82, 2.24) is 4.98 Å². The predicted octanol–water partition coefficient (Wildman–Crippen LogP) is 6.57. The Morgan fingerprint density at radius 1 is 1.14 bits per heavy atom. The first-order chi connectivity index (χ1) is 20.3.